The number of aromatic nitrogens is 2. The van der Waals surface area contributed by atoms with Gasteiger partial charge in [0.15, 0.2) is 0 Å². The minimum atomic E-state index is -0.384. The molecule has 2 aromatic heterocycles. The van der Waals surface area contributed by atoms with Gasteiger partial charge >= 0.3 is 0 Å². The number of para-hydroxylation sites is 2. The molecule has 31 heavy (non-hydrogen) atoms. The molecule has 0 bridgehead atoms. The first-order valence-electron chi connectivity index (χ1n) is 9.78. The molecule has 9 nitrogen and oxygen atoms in total. The van der Waals surface area contributed by atoms with Crippen molar-refractivity contribution in [2.75, 3.05) is 38.7 Å². The molecule has 3 heterocycles. The Hall–Kier alpha value is -3.24. The number of hydrogen-bond donors (Lipinski definition) is 1. The predicted octanol–water partition coefficient (Wildman–Crippen LogP) is 1.89. The normalized spacial score (nSPS) is 13.9. The van der Waals surface area contributed by atoms with E-state index in [4.69, 9.17) is 9.47 Å². The van der Waals surface area contributed by atoms with Gasteiger partial charge in [-0.15, -0.1) is 11.3 Å². The van der Waals surface area contributed by atoms with Crippen molar-refractivity contribution < 1.29 is 19.1 Å². The zero-order valence-corrected chi connectivity index (χ0v) is 18.0. The van der Waals surface area contributed by atoms with E-state index in [1.807, 2.05) is 0 Å². The maximum atomic E-state index is 13.1. The molecule has 4 rings (SSSR count). The van der Waals surface area contributed by atoms with Crippen LogP contribution in [-0.4, -0.2) is 59.7 Å². The average Bonchev–Trinajstić information content (AvgIpc) is 3.13. The summed E-state index contributed by atoms with van der Waals surface area (Å²) >= 11 is 1.20. The lowest BCUT2D eigenvalue weighted by Gasteiger charge is -2.26. The van der Waals surface area contributed by atoms with Crippen molar-refractivity contribution in [1.82, 2.24) is 14.5 Å². The first-order valence-corrected chi connectivity index (χ1v) is 10.6. The largest absolute Gasteiger partial charge is 0.495 e. The summed E-state index contributed by atoms with van der Waals surface area (Å²) in [4.78, 5) is 45.5. The zero-order valence-electron chi connectivity index (χ0n) is 17.2. The van der Waals surface area contributed by atoms with E-state index in [1.165, 1.54) is 29.3 Å². The van der Waals surface area contributed by atoms with Gasteiger partial charge in [-0.1, -0.05) is 12.1 Å². The van der Waals surface area contributed by atoms with Crippen molar-refractivity contribution in [1.29, 1.82) is 0 Å². The number of thiophene rings is 1. The molecule has 0 saturated carbocycles. The van der Waals surface area contributed by atoms with Gasteiger partial charge < -0.3 is 19.7 Å². The summed E-state index contributed by atoms with van der Waals surface area (Å²) in [7, 11) is 1.52. The fourth-order valence-corrected chi connectivity index (χ4v) is 4.59. The predicted molar refractivity (Wildman–Crippen MR) is 117 cm³/mol. The van der Waals surface area contributed by atoms with Gasteiger partial charge in [-0.3, -0.25) is 19.0 Å². The quantitative estimate of drug-likeness (QED) is 0.647. The minimum absolute atomic E-state index is 0.122. The molecule has 1 N–H and O–H groups in total. The van der Waals surface area contributed by atoms with Crippen LogP contribution in [0.1, 0.15) is 15.2 Å². The smallest absolute Gasteiger partial charge is 0.264 e. The zero-order chi connectivity index (χ0) is 22.0. The lowest BCUT2D eigenvalue weighted by atomic mass is 10.2. The SMILES string of the molecule is COc1ccccc1NC(=O)Cn1cnc2sc(C(=O)N3CCOCC3)c(C)c2c1=O. The Morgan fingerprint density at radius 3 is 2.74 bits per heavy atom. The Balaban J connectivity index is 1.59. The Kier molecular flexibility index (Phi) is 6.01. The summed E-state index contributed by atoms with van der Waals surface area (Å²) < 4.78 is 11.8. The Bertz CT molecular complexity index is 1200. The first-order chi connectivity index (χ1) is 15.0. The van der Waals surface area contributed by atoms with E-state index in [9.17, 15) is 14.4 Å². The van der Waals surface area contributed by atoms with Crippen molar-refractivity contribution in [3.8, 4) is 5.75 Å². The molecule has 0 unspecified atom stereocenters. The second kappa shape index (κ2) is 8.86. The highest BCUT2D eigenvalue weighted by molar-refractivity contribution is 7.20. The average molecular weight is 442 g/mol. The van der Waals surface area contributed by atoms with E-state index in [-0.39, 0.29) is 23.9 Å². The van der Waals surface area contributed by atoms with Crippen LogP contribution in [0, 0.1) is 6.92 Å². The fraction of sp³-hybridized carbons (Fsp3) is 0.333. The molecule has 1 aliphatic rings. The number of aryl methyl sites for hydroxylation is 1. The number of fused-ring (bicyclic) bond motifs is 1. The number of anilines is 1. The van der Waals surface area contributed by atoms with Gasteiger partial charge in [-0.2, -0.15) is 0 Å². The molecule has 0 atom stereocenters. The van der Waals surface area contributed by atoms with E-state index < -0.39 is 0 Å². The standard InChI is InChI=1S/C21H22N4O5S/c1-13-17-19(31-18(13)21(28)24-7-9-30-10-8-24)22-12-25(20(17)27)11-16(26)23-14-5-3-4-6-15(14)29-2/h3-6,12H,7-11H2,1-2H3,(H,23,26). The molecule has 162 valence electrons. The summed E-state index contributed by atoms with van der Waals surface area (Å²) in [6.07, 6.45) is 1.34. The summed E-state index contributed by atoms with van der Waals surface area (Å²) in [5, 5.41) is 3.11. The van der Waals surface area contributed by atoms with E-state index in [2.05, 4.69) is 10.3 Å². The summed E-state index contributed by atoms with van der Waals surface area (Å²) in [6, 6.07) is 7.02. The summed E-state index contributed by atoms with van der Waals surface area (Å²) in [5.74, 6) is 0.0191. The Labute approximate surface area is 182 Å². The number of nitrogens with zero attached hydrogens (tertiary/aromatic N) is 3. The van der Waals surface area contributed by atoms with Crippen LogP contribution in [0.3, 0.4) is 0 Å². The molecule has 2 amide bonds. The van der Waals surface area contributed by atoms with Crippen molar-refractivity contribution in [3.05, 3.63) is 51.4 Å². The van der Waals surface area contributed by atoms with Gasteiger partial charge in [0, 0.05) is 13.1 Å². The second-order valence-corrected chi connectivity index (χ2v) is 8.07. The number of rotatable bonds is 5. The number of amides is 2. The topological polar surface area (TPSA) is 103 Å². The van der Waals surface area contributed by atoms with Crippen molar-refractivity contribution in [3.63, 3.8) is 0 Å². The third-order valence-corrected chi connectivity index (χ3v) is 6.29. The fourth-order valence-electron chi connectivity index (χ4n) is 3.48. The molecule has 1 saturated heterocycles. The van der Waals surface area contributed by atoms with E-state index in [0.29, 0.717) is 58.4 Å². The van der Waals surface area contributed by atoms with Gasteiger partial charge in [0.2, 0.25) is 5.91 Å². The third-order valence-electron chi connectivity index (χ3n) is 5.10. The van der Waals surface area contributed by atoms with Crippen molar-refractivity contribution in [2.45, 2.75) is 13.5 Å². The molecule has 0 radical (unpaired) electrons. The maximum absolute atomic E-state index is 13.1. The van der Waals surface area contributed by atoms with Crippen LogP contribution in [0.25, 0.3) is 10.2 Å². The van der Waals surface area contributed by atoms with Crippen molar-refractivity contribution >= 4 is 39.1 Å². The Morgan fingerprint density at radius 2 is 2.00 bits per heavy atom. The molecule has 1 fully saturated rings. The van der Waals surface area contributed by atoms with Crippen LogP contribution < -0.4 is 15.6 Å². The molecular weight excluding hydrogens is 420 g/mol. The van der Waals surface area contributed by atoms with Crippen LogP contribution in [0.5, 0.6) is 5.75 Å². The van der Waals surface area contributed by atoms with Crippen LogP contribution in [0.15, 0.2) is 35.4 Å². The van der Waals surface area contributed by atoms with Crippen LogP contribution in [0.4, 0.5) is 5.69 Å². The molecule has 1 aliphatic heterocycles. The highest BCUT2D eigenvalue weighted by Crippen LogP contribution is 2.28. The number of methoxy groups -OCH3 is 1. The van der Waals surface area contributed by atoms with Crippen LogP contribution >= 0.6 is 11.3 Å². The van der Waals surface area contributed by atoms with Gasteiger partial charge in [-0.05, 0) is 24.6 Å². The van der Waals surface area contributed by atoms with Gasteiger partial charge in [-0.25, -0.2) is 4.98 Å². The number of nitrogens with one attached hydrogen (secondary N) is 1. The molecule has 0 aliphatic carbocycles. The van der Waals surface area contributed by atoms with Gasteiger partial charge in [0.1, 0.15) is 17.1 Å². The maximum Gasteiger partial charge on any atom is 0.264 e. The van der Waals surface area contributed by atoms with E-state index in [0.717, 1.165) is 0 Å². The second-order valence-electron chi connectivity index (χ2n) is 7.07. The van der Waals surface area contributed by atoms with Crippen molar-refractivity contribution in [2.24, 2.45) is 0 Å². The number of carbonyl (C=O) groups excluding carboxylic acids is 2. The molecule has 0 spiro atoms. The van der Waals surface area contributed by atoms with E-state index >= 15 is 0 Å². The Morgan fingerprint density at radius 1 is 1.26 bits per heavy atom. The minimum Gasteiger partial charge on any atom is -0.495 e. The van der Waals surface area contributed by atoms with Gasteiger partial charge in [0.25, 0.3) is 11.5 Å². The molecular formula is C21H22N4O5S. The highest BCUT2D eigenvalue weighted by atomic mass is 32.1. The third kappa shape index (κ3) is 4.17. The lowest BCUT2D eigenvalue weighted by molar-refractivity contribution is -0.116. The highest BCUT2D eigenvalue weighted by Gasteiger charge is 2.25. The number of morpholine rings is 1. The number of ether oxygens (including phenoxy) is 2. The number of hydrogen-bond acceptors (Lipinski definition) is 7. The molecule has 1 aromatic carbocycles. The monoisotopic (exact) mass is 442 g/mol. The van der Waals surface area contributed by atoms with E-state index in [1.54, 1.807) is 36.1 Å². The lowest BCUT2D eigenvalue weighted by Crippen LogP contribution is -2.40. The summed E-state index contributed by atoms with van der Waals surface area (Å²) in [5.41, 5.74) is 0.755. The van der Waals surface area contributed by atoms with Gasteiger partial charge in [0.05, 0.1) is 42.6 Å². The first kappa shape index (κ1) is 21.0. The molecule has 3 aromatic rings. The van der Waals surface area contributed by atoms with Crippen LogP contribution in [-0.2, 0) is 16.1 Å². The number of carbonyl (C=O) groups is 2. The molecule has 10 heteroatoms. The van der Waals surface area contributed by atoms with Crippen LogP contribution in [0.2, 0.25) is 0 Å². The summed E-state index contributed by atoms with van der Waals surface area (Å²) in [6.45, 7) is 3.58. The number of benzene rings is 1.